The van der Waals surface area contributed by atoms with Crippen molar-refractivity contribution in [3.8, 4) is 5.75 Å². The van der Waals surface area contributed by atoms with Crippen LogP contribution in [-0.2, 0) is 6.54 Å². The van der Waals surface area contributed by atoms with Crippen molar-refractivity contribution in [3.63, 3.8) is 0 Å². The zero-order valence-corrected chi connectivity index (χ0v) is 11.8. The maximum absolute atomic E-state index is 5.67. The van der Waals surface area contributed by atoms with Crippen LogP contribution in [0.25, 0.3) is 0 Å². The molecule has 2 N–H and O–H groups in total. The largest absolute Gasteiger partial charge is 0.494 e. The molecule has 0 aliphatic heterocycles. The van der Waals surface area contributed by atoms with E-state index in [9.17, 15) is 0 Å². The number of hydrogen-bond acceptors (Lipinski definition) is 4. The van der Waals surface area contributed by atoms with Crippen LogP contribution in [0.5, 0.6) is 5.75 Å². The normalized spacial score (nSPS) is 10.7. The van der Waals surface area contributed by atoms with Crippen molar-refractivity contribution in [1.82, 2.24) is 9.88 Å². The molecule has 4 heteroatoms. The zero-order chi connectivity index (χ0) is 14.2. The average molecular weight is 271 g/mol. The summed E-state index contributed by atoms with van der Waals surface area (Å²) in [6.45, 7) is 2.65. The Balaban J connectivity index is 1.64. The lowest BCUT2D eigenvalue weighted by atomic mass is 10.2. The molecule has 4 nitrogen and oxygen atoms in total. The third-order valence-electron chi connectivity index (χ3n) is 3.03. The number of ether oxygens (including phenoxy) is 1. The van der Waals surface area contributed by atoms with Crippen LogP contribution >= 0.6 is 0 Å². The first kappa shape index (κ1) is 14.3. The van der Waals surface area contributed by atoms with E-state index in [0.29, 0.717) is 6.61 Å². The van der Waals surface area contributed by atoms with Crippen molar-refractivity contribution in [2.24, 2.45) is 0 Å². The highest BCUT2D eigenvalue weighted by atomic mass is 16.5. The molecule has 0 radical (unpaired) electrons. The van der Waals surface area contributed by atoms with Crippen LogP contribution in [0.4, 0.5) is 5.69 Å². The second kappa shape index (κ2) is 7.50. The van der Waals surface area contributed by atoms with Gasteiger partial charge in [0.2, 0.25) is 0 Å². The quantitative estimate of drug-likeness (QED) is 0.621. The van der Waals surface area contributed by atoms with Crippen LogP contribution < -0.4 is 10.5 Å². The van der Waals surface area contributed by atoms with Crippen molar-refractivity contribution in [1.29, 1.82) is 0 Å². The maximum Gasteiger partial charge on any atom is 0.119 e. The fraction of sp³-hybridized carbons (Fsp3) is 0.312. The molecule has 2 aromatic rings. The SMILES string of the molecule is CN(CCCOc1ccc(N)cc1)Cc1ccncc1. The summed E-state index contributed by atoms with van der Waals surface area (Å²) in [6.07, 6.45) is 4.65. The van der Waals surface area contributed by atoms with Crippen molar-refractivity contribution in [3.05, 3.63) is 54.4 Å². The number of aromatic nitrogens is 1. The van der Waals surface area contributed by atoms with Gasteiger partial charge < -0.3 is 15.4 Å². The van der Waals surface area contributed by atoms with Crippen LogP contribution in [0.3, 0.4) is 0 Å². The number of rotatable bonds is 7. The summed E-state index contributed by atoms with van der Waals surface area (Å²) in [5.41, 5.74) is 7.67. The molecule has 0 saturated carbocycles. The van der Waals surface area contributed by atoms with Crippen LogP contribution in [0, 0.1) is 0 Å². The third kappa shape index (κ3) is 4.90. The minimum atomic E-state index is 0.713. The first-order valence-corrected chi connectivity index (χ1v) is 6.80. The molecule has 106 valence electrons. The summed E-state index contributed by atoms with van der Waals surface area (Å²) in [7, 11) is 2.11. The highest BCUT2D eigenvalue weighted by molar-refractivity contribution is 5.41. The highest BCUT2D eigenvalue weighted by Gasteiger charge is 2.00. The van der Waals surface area contributed by atoms with Gasteiger partial charge in [0.05, 0.1) is 6.61 Å². The average Bonchev–Trinajstić information content (AvgIpc) is 2.46. The molecule has 1 heterocycles. The number of nitrogens with two attached hydrogens (primary N) is 1. The topological polar surface area (TPSA) is 51.4 Å². The smallest absolute Gasteiger partial charge is 0.119 e. The van der Waals surface area contributed by atoms with Gasteiger partial charge in [-0.25, -0.2) is 0 Å². The molecule has 0 unspecified atom stereocenters. The Labute approximate surface area is 120 Å². The molecule has 0 fully saturated rings. The van der Waals surface area contributed by atoms with E-state index in [0.717, 1.165) is 30.9 Å². The Kier molecular flexibility index (Phi) is 5.38. The molecule has 0 atom stereocenters. The summed E-state index contributed by atoms with van der Waals surface area (Å²) < 4.78 is 5.67. The first-order valence-electron chi connectivity index (χ1n) is 6.80. The lowest BCUT2D eigenvalue weighted by Gasteiger charge is -2.16. The minimum absolute atomic E-state index is 0.713. The van der Waals surface area contributed by atoms with Gasteiger partial charge in [0.1, 0.15) is 5.75 Å². The van der Waals surface area contributed by atoms with Gasteiger partial charge in [-0.2, -0.15) is 0 Å². The molecule has 0 aliphatic carbocycles. The number of anilines is 1. The van der Waals surface area contributed by atoms with Crippen molar-refractivity contribution in [2.75, 3.05) is 25.9 Å². The van der Waals surface area contributed by atoms with Crippen molar-refractivity contribution >= 4 is 5.69 Å². The molecule has 0 amide bonds. The van der Waals surface area contributed by atoms with E-state index >= 15 is 0 Å². The Morgan fingerprint density at radius 1 is 1.10 bits per heavy atom. The lowest BCUT2D eigenvalue weighted by Crippen LogP contribution is -2.20. The van der Waals surface area contributed by atoms with Gasteiger partial charge >= 0.3 is 0 Å². The predicted molar refractivity (Wildman–Crippen MR) is 81.5 cm³/mol. The molecule has 1 aromatic carbocycles. The van der Waals surface area contributed by atoms with E-state index in [1.54, 1.807) is 0 Å². The Bertz CT molecular complexity index is 499. The standard InChI is InChI=1S/C16H21N3O/c1-19(13-14-7-9-18-10-8-14)11-2-12-20-16-5-3-15(17)4-6-16/h3-10H,2,11-13,17H2,1H3. The second-order valence-electron chi connectivity index (χ2n) is 4.86. The number of benzene rings is 1. The fourth-order valence-corrected chi connectivity index (χ4v) is 1.97. The molecule has 2 rings (SSSR count). The summed E-state index contributed by atoms with van der Waals surface area (Å²) in [5.74, 6) is 0.871. The van der Waals surface area contributed by atoms with Crippen LogP contribution in [-0.4, -0.2) is 30.1 Å². The van der Waals surface area contributed by atoms with Crippen molar-refractivity contribution < 1.29 is 4.74 Å². The summed E-state index contributed by atoms with van der Waals surface area (Å²) in [6, 6.07) is 11.6. The Morgan fingerprint density at radius 3 is 2.50 bits per heavy atom. The van der Waals surface area contributed by atoms with Gasteiger partial charge in [-0.15, -0.1) is 0 Å². The lowest BCUT2D eigenvalue weighted by molar-refractivity contribution is 0.259. The summed E-state index contributed by atoms with van der Waals surface area (Å²) in [5, 5.41) is 0. The van der Waals surface area contributed by atoms with E-state index in [2.05, 4.69) is 16.9 Å². The Morgan fingerprint density at radius 2 is 1.80 bits per heavy atom. The van der Waals surface area contributed by atoms with E-state index in [-0.39, 0.29) is 0 Å². The summed E-state index contributed by atoms with van der Waals surface area (Å²) in [4.78, 5) is 6.30. The monoisotopic (exact) mass is 271 g/mol. The fourth-order valence-electron chi connectivity index (χ4n) is 1.97. The molecule has 0 bridgehead atoms. The number of hydrogen-bond donors (Lipinski definition) is 1. The van der Waals surface area contributed by atoms with Crippen LogP contribution in [0.1, 0.15) is 12.0 Å². The third-order valence-corrected chi connectivity index (χ3v) is 3.03. The second-order valence-corrected chi connectivity index (χ2v) is 4.86. The molecule has 0 aliphatic rings. The molecular weight excluding hydrogens is 250 g/mol. The minimum Gasteiger partial charge on any atom is -0.494 e. The van der Waals surface area contributed by atoms with E-state index in [4.69, 9.17) is 10.5 Å². The molecular formula is C16H21N3O. The number of nitrogen functional groups attached to an aromatic ring is 1. The van der Waals surface area contributed by atoms with Gasteiger partial charge in [0, 0.05) is 31.2 Å². The zero-order valence-electron chi connectivity index (χ0n) is 11.8. The molecule has 0 spiro atoms. The van der Waals surface area contributed by atoms with Gasteiger partial charge in [-0.05, 0) is 55.4 Å². The van der Waals surface area contributed by atoms with Crippen molar-refractivity contribution in [2.45, 2.75) is 13.0 Å². The van der Waals surface area contributed by atoms with Gasteiger partial charge in [-0.3, -0.25) is 4.98 Å². The predicted octanol–water partition coefficient (Wildman–Crippen LogP) is 2.56. The molecule has 0 saturated heterocycles. The van der Waals surface area contributed by atoms with Gasteiger partial charge in [-0.1, -0.05) is 0 Å². The maximum atomic E-state index is 5.67. The molecule has 1 aromatic heterocycles. The van der Waals surface area contributed by atoms with Crippen LogP contribution in [0.2, 0.25) is 0 Å². The first-order chi connectivity index (χ1) is 9.74. The number of nitrogens with zero attached hydrogens (tertiary/aromatic N) is 2. The highest BCUT2D eigenvalue weighted by Crippen LogP contribution is 2.13. The van der Waals surface area contributed by atoms with E-state index < -0.39 is 0 Å². The van der Waals surface area contributed by atoms with Gasteiger partial charge in [0.25, 0.3) is 0 Å². The Hall–Kier alpha value is -2.07. The van der Waals surface area contributed by atoms with E-state index in [1.165, 1.54) is 5.56 Å². The summed E-state index contributed by atoms with van der Waals surface area (Å²) >= 11 is 0. The number of pyridine rings is 1. The van der Waals surface area contributed by atoms with E-state index in [1.807, 2.05) is 48.8 Å². The molecule has 20 heavy (non-hydrogen) atoms. The van der Waals surface area contributed by atoms with Gasteiger partial charge in [0.15, 0.2) is 0 Å². The van der Waals surface area contributed by atoms with Crippen LogP contribution in [0.15, 0.2) is 48.8 Å².